The van der Waals surface area contributed by atoms with Gasteiger partial charge in [0.15, 0.2) is 0 Å². The summed E-state index contributed by atoms with van der Waals surface area (Å²) in [4.78, 5) is 0. The molecule has 0 fully saturated rings. The van der Waals surface area contributed by atoms with Crippen molar-refractivity contribution in [3.63, 3.8) is 0 Å². The van der Waals surface area contributed by atoms with E-state index in [1.165, 1.54) is 17.7 Å². The van der Waals surface area contributed by atoms with E-state index in [2.05, 4.69) is 25.9 Å². The first kappa shape index (κ1) is 11.2. The van der Waals surface area contributed by atoms with Crippen LogP contribution in [0.3, 0.4) is 0 Å². The molecule has 1 aromatic rings. The summed E-state index contributed by atoms with van der Waals surface area (Å²) < 4.78 is 1.88. The second-order valence-corrected chi connectivity index (χ2v) is 4.39. The van der Waals surface area contributed by atoms with Crippen LogP contribution in [0.15, 0.2) is 6.20 Å². The Bertz CT molecular complexity index is 289. The number of nitrogens with zero attached hydrogens (tertiary/aromatic N) is 2. The number of nitrogens with two attached hydrogens (primary N) is 1. The summed E-state index contributed by atoms with van der Waals surface area (Å²) in [6, 6.07) is 0.145. The van der Waals surface area contributed by atoms with Crippen LogP contribution in [0.5, 0.6) is 0 Å². The lowest BCUT2D eigenvalue weighted by atomic mass is 9.99. The summed E-state index contributed by atoms with van der Waals surface area (Å²) in [5.74, 6) is 0.720. The van der Waals surface area contributed by atoms with Crippen LogP contribution in [0.2, 0.25) is 0 Å². The summed E-state index contributed by atoms with van der Waals surface area (Å²) >= 11 is 0. The highest BCUT2D eigenvalue weighted by atomic mass is 15.3. The van der Waals surface area contributed by atoms with Crippen molar-refractivity contribution in [1.29, 1.82) is 0 Å². The monoisotopic (exact) mass is 195 g/mol. The number of aromatic nitrogens is 2. The first-order valence-electron chi connectivity index (χ1n) is 5.26. The predicted molar refractivity (Wildman–Crippen MR) is 58.9 cm³/mol. The average molecular weight is 195 g/mol. The lowest BCUT2D eigenvalue weighted by Crippen LogP contribution is -2.12. The fraction of sp³-hybridized carbons (Fsp3) is 0.727. The summed E-state index contributed by atoms with van der Waals surface area (Å²) in [6.07, 6.45) is 4.11. The normalized spacial score (nSPS) is 13.6. The molecule has 3 nitrogen and oxygen atoms in total. The Balaban J connectivity index is 2.60. The second-order valence-electron chi connectivity index (χ2n) is 4.39. The maximum absolute atomic E-state index is 6.10. The average Bonchev–Trinajstić information content (AvgIpc) is 2.44. The minimum absolute atomic E-state index is 0.145. The van der Waals surface area contributed by atoms with E-state index in [1.54, 1.807) is 0 Å². The van der Waals surface area contributed by atoms with Gasteiger partial charge in [-0.25, -0.2) is 0 Å². The zero-order chi connectivity index (χ0) is 10.7. The SMILES string of the molecule is Cc1c(C(N)CCC(C)C)cnn1C. The highest BCUT2D eigenvalue weighted by Crippen LogP contribution is 2.20. The van der Waals surface area contributed by atoms with Crippen LogP contribution in [0.25, 0.3) is 0 Å². The van der Waals surface area contributed by atoms with Crippen LogP contribution < -0.4 is 5.73 Å². The zero-order valence-corrected chi connectivity index (χ0v) is 9.62. The van der Waals surface area contributed by atoms with Crippen molar-refractivity contribution in [2.75, 3.05) is 0 Å². The molecule has 80 valence electrons. The molecule has 0 saturated heterocycles. The summed E-state index contributed by atoms with van der Waals surface area (Å²) in [5, 5.41) is 4.20. The molecule has 0 aliphatic rings. The van der Waals surface area contributed by atoms with E-state index in [9.17, 15) is 0 Å². The highest BCUT2D eigenvalue weighted by molar-refractivity contribution is 5.19. The van der Waals surface area contributed by atoms with Gasteiger partial charge in [-0.3, -0.25) is 4.68 Å². The van der Waals surface area contributed by atoms with Gasteiger partial charge in [-0.15, -0.1) is 0 Å². The van der Waals surface area contributed by atoms with Crippen molar-refractivity contribution in [3.8, 4) is 0 Å². The molecule has 1 aromatic heterocycles. The second kappa shape index (κ2) is 4.60. The molecule has 0 aromatic carbocycles. The molecule has 1 rings (SSSR count). The Kier molecular flexibility index (Phi) is 3.69. The van der Waals surface area contributed by atoms with Gasteiger partial charge in [0, 0.05) is 24.3 Å². The van der Waals surface area contributed by atoms with Crippen molar-refractivity contribution >= 4 is 0 Å². The zero-order valence-electron chi connectivity index (χ0n) is 9.62. The van der Waals surface area contributed by atoms with Gasteiger partial charge in [0.25, 0.3) is 0 Å². The molecule has 1 atom stereocenters. The van der Waals surface area contributed by atoms with Crippen molar-refractivity contribution in [3.05, 3.63) is 17.5 Å². The van der Waals surface area contributed by atoms with Gasteiger partial charge in [-0.2, -0.15) is 5.10 Å². The van der Waals surface area contributed by atoms with Crippen LogP contribution in [-0.4, -0.2) is 9.78 Å². The first-order valence-corrected chi connectivity index (χ1v) is 5.26. The lowest BCUT2D eigenvalue weighted by Gasteiger charge is -2.12. The molecule has 3 heteroatoms. The molecule has 2 N–H and O–H groups in total. The van der Waals surface area contributed by atoms with E-state index < -0.39 is 0 Å². The van der Waals surface area contributed by atoms with Crippen LogP contribution >= 0.6 is 0 Å². The number of aryl methyl sites for hydroxylation is 1. The number of rotatable bonds is 4. The fourth-order valence-corrected chi connectivity index (χ4v) is 1.55. The maximum atomic E-state index is 6.10. The molecule has 0 aliphatic carbocycles. The van der Waals surface area contributed by atoms with Crippen molar-refractivity contribution in [2.45, 2.75) is 39.7 Å². The molecular weight excluding hydrogens is 174 g/mol. The van der Waals surface area contributed by atoms with Gasteiger partial charge < -0.3 is 5.73 Å². The third-order valence-electron chi connectivity index (χ3n) is 2.73. The smallest absolute Gasteiger partial charge is 0.0540 e. The topological polar surface area (TPSA) is 43.8 Å². The summed E-state index contributed by atoms with van der Waals surface area (Å²) in [6.45, 7) is 6.52. The Morgan fingerprint density at radius 3 is 2.50 bits per heavy atom. The third-order valence-corrected chi connectivity index (χ3v) is 2.73. The van der Waals surface area contributed by atoms with Crippen LogP contribution in [0.1, 0.15) is 44.0 Å². The maximum Gasteiger partial charge on any atom is 0.0540 e. The van der Waals surface area contributed by atoms with Gasteiger partial charge in [0.05, 0.1) is 6.20 Å². The quantitative estimate of drug-likeness (QED) is 0.800. The van der Waals surface area contributed by atoms with Crippen molar-refractivity contribution in [2.24, 2.45) is 18.7 Å². The lowest BCUT2D eigenvalue weighted by molar-refractivity contribution is 0.506. The van der Waals surface area contributed by atoms with Gasteiger partial charge in [-0.05, 0) is 25.7 Å². The minimum Gasteiger partial charge on any atom is -0.324 e. The Hall–Kier alpha value is -0.830. The standard InChI is InChI=1S/C11H21N3/c1-8(2)5-6-11(12)10-7-13-14(4)9(10)3/h7-8,11H,5-6,12H2,1-4H3. The van der Waals surface area contributed by atoms with Gasteiger partial charge in [0.2, 0.25) is 0 Å². The van der Waals surface area contributed by atoms with E-state index in [-0.39, 0.29) is 6.04 Å². The molecule has 1 unspecified atom stereocenters. The van der Waals surface area contributed by atoms with Crippen LogP contribution in [0.4, 0.5) is 0 Å². The van der Waals surface area contributed by atoms with Gasteiger partial charge in [0.1, 0.15) is 0 Å². The largest absolute Gasteiger partial charge is 0.324 e. The summed E-state index contributed by atoms with van der Waals surface area (Å²) in [5.41, 5.74) is 8.47. The van der Waals surface area contributed by atoms with E-state index in [0.717, 1.165) is 12.3 Å². The molecule has 1 heterocycles. The van der Waals surface area contributed by atoms with E-state index in [4.69, 9.17) is 5.73 Å². The molecule has 0 aliphatic heterocycles. The minimum atomic E-state index is 0.145. The molecular formula is C11H21N3. The molecule has 0 radical (unpaired) electrons. The third kappa shape index (κ3) is 2.58. The Morgan fingerprint density at radius 2 is 2.07 bits per heavy atom. The highest BCUT2D eigenvalue weighted by Gasteiger charge is 2.12. The fourth-order valence-electron chi connectivity index (χ4n) is 1.55. The van der Waals surface area contributed by atoms with Gasteiger partial charge >= 0.3 is 0 Å². The van der Waals surface area contributed by atoms with Crippen molar-refractivity contribution in [1.82, 2.24) is 9.78 Å². The van der Waals surface area contributed by atoms with Crippen LogP contribution in [-0.2, 0) is 7.05 Å². The van der Waals surface area contributed by atoms with Crippen molar-refractivity contribution < 1.29 is 0 Å². The molecule has 0 bridgehead atoms. The molecule has 0 saturated carbocycles. The first-order chi connectivity index (χ1) is 6.52. The van der Waals surface area contributed by atoms with Crippen LogP contribution in [0, 0.1) is 12.8 Å². The Morgan fingerprint density at radius 1 is 1.43 bits per heavy atom. The Labute approximate surface area is 86.3 Å². The predicted octanol–water partition coefficient (Wildman–Crippen LogP) is 2.16. The number of hydrogen-bond donors (Lipinski definition) is 1. The number of hydrogen-bond acceptors (Lipinski definition) is 2. The summed E-state index contributed by atoms with van der Waals surface area (Å²) in [7, 11) is 1.95. The van der Waals surface area contributed by atoms with E-state index >= 15 is 0 Å². The van der Waals surface area contributed by atoms with E-state index in [0.29, 0.717) is 0 Å². The van der Waals surface area contributed by atoms with Gasteiger partial charge in [-0.1, -0.05) is 13.8 Å². The molecule has 0 amide bonds. The molecule has 0 spiro atoms. The molecule has 14 heavy (non-hydrogen) atoms. The van der Waals surface area contributed by atoms with E-state index in [1.807, 2.05) is 17.9 Å².